The molecule has 0 aromatic heterocycles. The lowest BCUT2D eigenvalue weighted by atomic mass is 9.95. The molecule has 0 saturated heterocycles. The Labute approximate surface area is 203 Å². The average molecular weight is 487 g/mol. The van der Waals surface area contributed by atoms with Crippen molar-refractivity contribution in [1.29, 1.82) is 0 Å². The molecule has 31 heavy (non-hydrogen) atoms. The lowest BCUT2D eigenvalue weighted by Gasteiger charge is -2.18. The molecule has 1 unspecified atom stereocenters. The van der Waals surface area contributed by atoms with Gasteiger partial charge in [0, 0.05) is 0 Å². The molecule has 1 atom stereocenters. The van der Waals surface area contributed by atoms with Crippen molar-refractivity contribution >= 4 is 29.7 Å². The average Bonchev–Trinajstić information content (AvgIpc) is 2.72. The first-order valence-electron chi connectivity index (χ1n) is 12.8. The Hall–Kier alpha value is -0.0200. The number of hydrogen-bond donors (Lipinski definition) is 2. The van der Waals surface area contributed by atoms with Gasteiger partial charge in [-0.05, 0) is 54.7 Å². The van der Waals surface area contributed by atoms with Crippen molar-refractivity contribution in [3.8, 4) is 5.75 Å². The highest BCUT2D eigenvalue weighted by molar-refractivity contribution is 8.59. The zero-order valence-electron chi connectivity index (χ0n) is 20.1. The van der Waals surface area contributed by atoms with Crippen LogP contribution in [-0.2, 0) is 24.6 Å². The highest BCUT2D eigenvalue weighted by Gasteiger charge is 2.15. The van der Waals surface area contributed by atoms with Crippen LogP contribution in [0.5, 0.6) is 5.75 Å². The van der Waals surface area contributed by atoms with Gasteiger partial charge in [0.2, 0.25) is 0 Å². The Kier molecular flexibility index (Phi) is 17.2. The van der Waals surface area contributed by atoms with Crippen molar-refractivity contribution in [3.05, 3.63) is 29.3 Å². The van der Waals surface area contributed by atoms with E-state index >= 15 is 0 Å². The minimum absolute atomic E-state index is 0.751. The maximum atomic E-state index is 10.0. The van der Waals surface area contributed by atoms with Crippen molar-refractivity contribution in [2.75, 3.05) is 0 Å². The van der Waals surface area contributed by atoms with E-state index in [0.29, 0.717) is 0 Å². The molecule has 0 heterocycles. The summed E-state index contributed by atoms with van der Waals surface area (Å²) < 4.78 is 5.72. The Morgan fingerprint density at radius 1 is 0.742 bits per heavy atom. The zero-order chi connectivity index (χ0) is 22.8. The first-order valence-corrected chi connectivity index (χ1v) is 16.7. The van der Waals surface area contributed by atoms with E-state index in [-0.39, 0.29) is 0 Å². The molecular weight excluding hydrogens is 439 g/mol. The van der Waals surface area contributed by atoms with Crippen molar-refractivity contribution in [2.24, 2.45) is 0 Å². The molecule has 1 rings (SSSR count). The molecule has 180 valence electrons. The van der Waals surface area contributed by atoms with Crippen molar-refractivity contribution < 1.29 is 9.42 Å². The second kappa shape index (κ2) is 18.4. The summed E-state index contributed by atoms with van der Waals surface area (Å²) in [7, 11) is 0. The third-order valence-corrected chi connectivity index (χ3v) is 6.93. The maximum Gasteiger partial charge on any atom is 0.291 e. The fraction of sp³-hybridized carbons (Fsp3) is 0.769. The molecule has 5 heteroatoms. The Bertz CT molecular complexity index is 615. The van der Waals surface area contributed by atoms with Crippen LogP contribution in [-0.4, -0.2) is 4.89 Å². The van der Waals surface area contributed by atoms with Crippen LogP contribution in [0.25, 0.3) is 0 Å². The summed E-state index contributed by atoms with van der Waals surface area (Å²) in [5, 5.41) is 0. The van der Waals surface area contributed by atoms with Crippen molar-refractivity contribution in [3.63, 3.8) is 0 Å². The van der Waals surface area contributed by atoms with E-state index in [9.17, 15) is 4.89 Å². The molecule has 0 aliphatic heterocycles. The molecule has 1 aromatic carbocycles. The second-order valence-electron chi connectivity index (χ2n) is 8.93. The van der Waals surface area contributed by atoms with Gasteiger partial charge in [0.25, 0.3) is 5.69 Å². The van der Waals surface area contributed by atoms with Gasteiger partial charge in [0.15, 0.2) is 0 Å². The SMILES string of the molecule is CCCCCCCCCCc1cccc(OP(O)(=S)S)c1CCCCCCCCCC. The standard InChI is InChI=1S/C26H47O2PS2/c1-3-5-7-9-11-13-15-17-20-24-21-19-23-26(28-29(27,30)31)25(24)22-18-16-14-12-10-8-6-4-2/h19,21,23H,3-18,20,22H2,1-2H3,(H2,27,30,31). The largest absolute Gasteiger partial charge is 0.436 e. The second-order valence-corrected chi connectivity index (χ2v) is 14.0. The summed E-state index contributed by atoms with van der Waals surface area (Å²) in [6, 6.07) is 6.21. The Morgan fingerprint density at radius 2 is 1.19 bits per heavy atom. The number of benzene rings is 1. The van der Waals surface area contributed by atoms with E-state index < -0.39 is 5.69 Å². The lowest BCUT2D eigenvalue weighted by Crippen LogP contribution is -2.00. The molecule has 1 aromatic rings. The smallest absolute Gasteiger partial charge is 0.291 e. The summed E-state index contributed by atoms with van der Waals surface area (Å²) in [4.78, 5) is 10.0. The molecule has 0 fully saturated rings. The quantitative estimate of drug-likeness (QED) is 0.109. The number of thiol groups is 1. The molecule has 0 aliphatic carbocycles. The predicted molar refractivity (Wildman–Crippen MR) is 145 cm³/mol. The molecular formula is C26H47O2PS2. The monoisotopic (exact) mass is 486 g/mol. The van der Waals surface area contributed by atoms with Crippen LogP contribution < -0.4 is 4.52 Å². The minimum atomic E-state index is -3.02. The zero-order valence-corrected chi connectivity index (χ0v) is 22.7. The lowest BCUT2D eigenvalue weighted by molar-refractivity contribution is 0.497. The summed E-state index contributed by atoms with van der Waals surface area (Å²) in [5.74, 6) is 0.751. The van der Waals surface area contributed by atoms with Gasteiger partial charge in [0.05, 0.1) is 0 Å². The molecule has 0 radical (unpaired) electrons. The summed E-state index contributed by atoms with van der Waals surface area (Å²) in [6.07, 6.45) is 23.2. The fourth-order valence-corrected chi connectivity index (χ4v) is 5.16. The number of rotatable bonds is 20. The van der Waals surface area contributed by atoms with Crippen molar-refractivity contribution in [2.45, 2.75) is 129 Å². The number of aryl methyl sites for hydroxylation is 1. The molecule has 0 bridgehead atoms. The van der Waals surface area contributed by atoms with Crippen LogP contribution in [0.4, 0.5) is 0 Å². The van der Waals surface area contributed by atoms with Gasteiger partial charge in [-0.15, -0.1) is 0 Å². The summed E-state index contributed by atoms with van der Waals surface area (Å²) in [5.41, 5.74) is -0.409. The normalized spacial score (nSPS) is 13.3. The molecule has 0 aliphatic rings. The predicted octanol–water partition coefficient (Wildman–Crippen LogP) is 9.58. The van der Waals surface area contributed by atoms with Crippen LogP contribution in [0.3, 0.4) is 0 Å². The first kappa shape index (κ1) is 29.0. The highest BCUT2D eigenvalue weighted by atomic mass is 32.9. The van der Waals surface area contributed by atoms with E-state index in [4.69, 9.17) is 16.3 Å². The molecule has 0 saturated carbocycles. The van der Waals surface area contributed by atoms with E-state index in [1.54, 1.807) is 0 Å². The number of hydrogen-bond acceptors (Lipinski definition) is 2. The van der Waals surface area contributed by atoms with Gasteiger partial charge in [-0.3, -0.25) is 0 Å². The fourth-order valence-electron chi connectivity index (χ4n) is 4.23. The minimum Gasteiger partial charge on any atom is -0.436 e. The van der Waals surface area contributed by atoms with Crippen LogP contribution >= 0.6 is 17.9 Å². The van der Waals surface area contributed by atoms with E-state index in [1.165, 1.54) is 114 Å². The third kappa shape index (κ3) is 15.4. The van der Waals surface area contributed by atoms with E-state index in [0.717, 1.165) is 18.6 Å². The van der Waals surface area contributed by atoms with Gasteiger partial charge < -0.3 is 9.42 Å². The van der Waals surface area contributed by atoms with Gasteiger partial charge in [-0.1, -0.05) is 128 Å². The van der Waals surface area contributed by atoms with Crippen LogP contribution in [0.2, 0.25) is 0 Å². The van der Waals surface area contributed by atoms with E-state index in [2.05, 4.69) is 32.2 Å². The summed E-state index contributed by atoms with van der Waals surface area (Å²) >= 11 is 9.15. The van der Waals surface area contributed by atoms with E-state index in [1.807, 2.05) is 12.1 Å². The van der Waals surface area contributed by atoms with Gasteiger partial charge in [0.1, 0.15) is 5.75 Å². The maximum absolute atomic E-state index is 10.0. The van der Waals surface area contributed by atoms with Gasteiger partial charge in [-0.25, -0.2) is 0 Å². The Balaban J connectivity index is 2.52. The Morgan fingerprint density at radius 3 is 1.68 bits per heavy atom. The first-order chi connectivity index (χ1) is 15.0. The van der Waals surface area contributed by atoms with Crippen LogP contribution in [0.1, 0.15) is 128 Å². The van der Waals surface area contributed by atoms with Gasteiger partial charge >= 0.3 is 0 Å². The van der Waals surface area contributed by atoms with Crippen LogP contribution in [0.15, 0.2) is 18.2 Å². The third-order valence-electron chi connectivity index (χ3n) is 6.03. The van der Waals surface area contributed by atoms with Crippen LogP contribution in [0, 0.1) is 0 Å². The molecule has 2 nitrogen and oxygen atoms in total. The molecule has 0 amide bonds. The molecule has 0 spiro atoms. The van der Waals surface area contributed by atoms with Crippen molar-refractivity contribution in [1.82, 2.24) is 0 Å². The molecule has 1 N–H and O–H groups in total. The van der Waals surface area contributed by atoms with Gasteiger partial charge in [-0.2, -0.15) is 0 Å². The topological polar surface area (TPSA) is 29.5 Å². The summed E-state index contributed by atoms with van der Waals surface area (Å²) in [6.45, 7) is 4.53. The number of unbranched alkanes of at least 4 members (excludes halogenated alkanes) is 14. The highest BCUT2D eigenvalue weighted by Crippen LogP contribution is 2.48.